The van der Waals surface area contributed by atoms with Crippen LogP contribution in [-0.2, 0) is 11.8 Å². The first-order valence-corrected chi connectivity index (χ1v) is 11.3. The fourth-order valence-electron chi connectivity index (χ4n) is 3.74. The Morgan fingerprint density at radius 3 is 2.51 bits per heavy atom. The summed E-state index contributed by atoms with van der Waals surface area (Å²) in [7, 11) is 1.90. The van der Waals surface area contributed by atoms with E-state index in [1.165, 1.54) is 0 Å². The van der Waals surface area contributed by atoms with Gasteiger partial charge in [0, 0.05) is 30.7 Å². The van der Waals surface area contributed by atoms with Crippen molar-refractivity contribution in [1.82, 2.24) is 24.1 Å². The molecule has 0 radical (unpaired) electrons. The summed E-state index contributed by atoms with van der Waals surface area (Å²) >= 11 is 0. The maximum absolute atomic E-state index is 12.2. The molecule has 4 heterocycles. The molecular weight excluding hydrogens is 440 g/mol. The van der Waals surface area contributed by atoms with E-state index in [9.17, 15) is 4.79 Å². The third-order valence-electron chi connectivity index (χ3n) is 5.35. The van der Waals surface area contributed by atoms with Crippen molar-refractivity contribution in [2.45, 2.75) is 26.4 Å². The van der Waals surface area contributed by atoms with E-state index in [4.69, 9.17) is 9.72 Å². The van der Waals surface area contributed by atoms with Gasteiger partial charge in [0.15, 0.2) is 0 Å². The molecule has 0 spiro atoms. The predicted molar refractivity (Wildman–Crippen MR) is 136 cm³/mol. The van der Waals surface area contributed by atoms with Gasteiger partial charge in [0.1, 0.15) is 17.1 Å². The van der Waals surface area contributed by atoms with E-state index < -0.39 is 5.60 Å². The van der Waals surface area contributed by atoms with E-state index in [1.807, 2.05) is 99.5 Å². The van der Waals surface area contributed by atoms with Crippen molar-refractivity contribution in [1.29, 1.82) is 0 Å². The normalized spacial score (nSPS) is 11.5. The molecule has 0 amide bonds. The minimum atomic E-state index is -0.531. The fraction of sp³-hybridized carbons (Fsp3) is 0.185. The van der Waals surface area contributed by atoms with Crippen LogP contribution in [0.3, 0.4) is 0 Å². The first-order chi connectivity index (χ1) is 16.7. The van der Waals surface area contributed by atoms with E-state index >= 15 is 0 Å². The van der Waals surface area contributed by atoms with Gasteiger partial charge < -0.3 is 10.1 Å². The summed E-state index contributed by atoms with van der Waals surface area (Å²) in [5.41, 5.74) is 5.41. The maximum Gasteiger partial charge on any atom is 0.338 e. The Kier molecular flexibility index (Phi) is 5.56. The summed E-state index contributed by atoms with van der Waals surface area (Å²) in [6.45, 7) is 5.55. The number of hydrogen-bond acceptors (Lipinski definition) is 6. The highest BCUT2D eigenvalue weighted by molar-refractivity contribution is 5.90. The molecule has 0 aliphatic carbocycles. The zero-order chi connectivity index (χ0) is 24.6. The quantitative estimate of drug-likeness (QED) is 0.345. The molecule has 0 atom stereocenters. The number of aryl methyl sites for hydroxylation is 1. The Hall–Kier alpha value is -4.46. The average molecular weight is 467 g/mol. The Bertz CT molecular complexity index is 1510. The lowest BCUT2D eigenvalue weighted by Crippen LogP contribution is -2.23. The number of rotatable bonds is 5. The SMILES string of the molecule is Cn1cc(-c2ccn3c(-c4cccc(Nc5ccc(C(=O)OC(C)(C)C)cc5)n4)cnc3c2)cn1. The molecule has 0 saturated carbocycles. The second-order valence-corrected chi connectivity index (χ2v) is 9.30. The molecule has 0 fully saturated rings. The number of imidazole rings is 1. The van der Waals surface area contributed by atoms with Crippen LogP contribution < -0.4 is 5.32 Å². The highest BCUT2D eigenvalue weighted by Crippen LogP contribution is 2.26. The van der Waals surface area contributed by atoms with Gasteiger partial charge in [-0.05, 0) is 74.9 Å². The van der Waals surface area contributed by atoms with Crippen LogP contribution in [0.15, 0.2) is 79.4 Å². The van der Waals surface area contributed by atoms with Crippen LogP contribution in [-0.4, -0.2) is 35.7 Å². The third kappa shape index (κ3) is 4.91. The molecule has 35 heavy (non-hydrogen) atoms. The second kappa shape index (κ2) is 8.72. The van der Waals surface area contributed by atoms with Gasteiger partial charge in [-0.15, -0.1) is 0 Å². The number of pyridine rings is 2. The van der Waals surface area contributed by atoms with Crippen molar-refractivity contribution in [3.8, 4) is 22.5 Å². The second-order valence-electron chi connectivity index (χ2n) is 9.30. The molecule has 0 aliphatic heterocycles. The van der Waals surface area contributed by atoms with Crippen LogP contribution >= 0.6 is 0 Å². The van der Waals surface area contributed by atoms with E-state index in [2.05, 4.69) is 15.4 Å². The van der Waals surface area contributed by atoms with Crippen LogP contribution in [0.5, 0.6) is 0 Å². The van der Waals surface area contributed by atoms with Gasteiger partial charge in [-0.3, -0.25) is 9.08 Å². The third-order valence-corrected chi connectivity index (χ3v) is 5.35. The highest BCUT2D eigenvalue weighted by Gasteiger charge is 2.17. The van der Waals surface area contributed by atoms with E-state index in [0.717, 1.165) is 33.8 Å². The Morgan fingerprint density at radius 2 is 1.80 bits per heavy atom. The van der Waals surface area contributed by atoms with Gasteiger partial charge in [0.2, 0.25) is 0 Å². The van der Waals surface area contributed by atoms with E-state index in [0.29, 0.717) is 11.4 Å². The molecule has 8 nitrogen and oxygen atoms in total. The highest BCUT2D eigenvalue weighted by atomic mass is 16.6. The Labute approximate surface area is 203 Å². The summed E-state index contributed by atoms with van der Waals surface area (Å²) < 4.78 is 9.22. The predicted octanol–water partition coefficient (Wildman–Crippen LogP) is 5.50. The number of esters is 1. The lowest BCUT2D eigenvalue weighted by atomic mass is 10.1. The number of aromatic nitrogens is 5. The van der Waals surface area contributed by atoms with Crippen LogP contribution in [0.4, 0.5) is 11.5 Å². The first kappa shape index (κ1) is 22.3. The minimum absolute atomic E-state index is 0.344. The molecular formula is C27H26N6O2. The van der Waals surface area contributed by atoms with Gasteiger partial charge in [-0.25, -0.2) is 14.8 Å². The number of nitrogens with zero attached hydrogens (tertiary/aromatic N) is 5. The van der Waals surface area contributed by atoms with E-state index in [-0.39, 0.29) is 5.97 Å². The summed E-state index contributed by atoms with van der Waals surface area (Å²) in [6, 6.07) is 17.0. The van der Waals surface area contributed by atoms with Gasteiger partial charge in [-0.1, -0.05) is 6.07 Å². The number of ether oxygens (including phenoxy) is 1. The number of hydrogen-bond donors (Lipinski definition) is 1. The number of carbonyl (C=O) groups excluding carboxylic acids is 1. The lowest BCUT2D eigenvalue weighted by Gasteiger charge is -2.19. The lowest BCUT2D eigenvalue weighted by molar-refractivity contribution is 0.00695. The van der Waals surface area contributed by atoms with Crippen LogP contribution in [0, 0.1) is 0 Å². The number of anilines is 2. The van der Waals surface area contributed by atoms with Gasteiger partial charge in [0.05, 0.1) is 29.3 Å². The number of nitrogens with one attached hydrogen (secondary N) is 1. The number of fused-ring (bicyclic) bond motifs is 1. The van der Waals surface area contributed by atoms with Crippen molar-refractivity contribution < 1.29 is 9.53 Å². The summed E-state index contributed by atoms with van der Waals surface area (Å²) in [6.07, 6.45) is 7.64. The Balaban J connectivity index is 1.36. The average Bonchev–Trinajstić information content (AvgIpc) is 3.44. The van der Waals surface area contributed by atoms with Crippen molar-refractivity contribution in [2.24, 2.45) is 7.05 Å². The van der Waals surface area contributed by atoms with Gasteiger partial charge in [-0.2, -0.15) is 5.10 Å². The largest absolute Gasteiger partial charge is 0.456 e. The molecule has 176 valence electrons. The number of carbonyl (C=O) groups is 1. The smallest absolute Gasteiger partial charge is 0.338 e. The van der Waals surface area contributed by atoms with Gasteiger partial charge >= 0.3 is 5.97 Å². The molecule has 8 heteroatoms. The number of benzene rings is 1. The fourth-order valence-corrected chi connectivity index (χ4v) is 3.74. The molecule has 0 saturated heterocycles. The van der Waals surface area contributed by atoms with E-state index in [1.54, 1.807) is 16.8 Å². The van der Waals surface area contributed by atoms with Crippen LogP contribution in [0.1, 0.15) is 31.1 Å². The molecule has 1 aromatic carbocycles. The molecule has 1 N–H and O–H groups in total. The molecule has 0 unspecified atom stereocenters. The zero-order valence-electron chi connectivity index (χ0n) is 20.1. The van der Waals surface area contributed by atoms with Crippen LogP contribution in [0.2, 0.25) is 0 Å². The maximum atomic E-state index is 12.2. The summed E-state index contributed by atoms with van der Waals surface area (Å²) in [4.78, 5) is 21.6. The molecule has 0 bridgehead atoms. The van der Waals surface area contributed by atoms with Crippen LogP contribution in [0.25, 0.3) is 28.2 Å². The first-order valence-electron chi connectivity index (χ1n) is 11.3. The van der Waals surface area contributed by atoms with Crippen molar-refractivity contribution in [3.05, 3.63) is 84.9 Å². The topological polar surface area (TPSA) is 86.3 Å². The minimum Gasteiger partial charge on any atom is -0.456 e. The van der Waals surface area contributed by atoms with Gasteiger partial charge in [0.25, 0.3) is 0 Å². The van der Waals surface area contributed by atoms with Crippen molar-refractivity contribution in [3.63, 3.8) is 0 Å². The molecule has 4 aromatic heterocycles. The summed E-state index contributed by atoms with van der Waals surface area (Å²) in [5, 5.41) is 7.55. The monoisotopic (exact) mass is 466 g/mol. The van der Waals surface area contributed by atoms with Crippen molar-refractivity contribution in [2.75, 3.05) is 5.32 Å². The standard InChI is InChI=1S/C27H26N6O2/c1-27(2,3)35-26(34)18-8-10-21(11-9-18)30-24-7-5-6-22(31-24)23-16-28-25-14-19(12-13-33(23)25)20-15-29-32(4)17-20/h5-17H,1-4H3,(H,30,31). The summed E-state index contributed by atoms with van der Waals surface area (Å²) in [5.74, 6) is 0.345. The Morgan fingerprint density at radius 1 is 1.00 bits per heavy atom. The molecule has 0 aliphatic rings. The zero-order valence-corrected chi connectivity index (χ0v) is 20.1. The van der Waals surface area contributed by atoms with Crippen molar-refractivity contribution >= 4 is 23.1 Å². The molecule has 5 rings (SSSR count). The molecule has 5 aromatic rings.